The molecule has 2 aliphatic heterocycles. The lowest BCUT2D eigenvalue weighted by molar-refractivity contribution is -0.222. The van der Waals surface area contributed by atoms with Crippen molar-refractivity contribution in [3.8, 4) is 11.5 Å². The Morgan fingerprint density at radius 2 is 1.97 bits per heavy atom. The first-order valence-corrected chi connectivity index (χ1v) is 11.4. The minimum Gasteiger partial charge on any atom is -0.508 e. The summed E-state index contributed by atoms with van der Waals surface area (Å²) >= 11 is 12.8. The first-order chi connectivity index (χ1) is 15.9. The normalized spacial score (nSPS) is 22.8. The molecule has 2 aromatic carbocycles. The molecule has 1 saturated heterocycles. The van der Waals surface area contributed by atoms with E-state index in [1.165, 1.54) is 0 Å². The molecule has 1 unspecified atom stereocenters. The molecule has 0 aliphatic carbocycles. The average molecular weight is 491 g/mol. The lowest BCUT2D eigenvalue weighted by atomic mass is 9.91. The quantitative estimate of drug-likeness (QED) is 0.467. The number of halogens is 2. The third-order valence-corrected chi connectivity index (χ3v) is 6.34. The highest BCUT2D eigenvalue weighted by atomic mass is 35.5. The molecule has 2 N–H and O–H groups in total. The van der Waals surface area contributed by atoms with E-state index in [2.05, 4.69) is 0 Å². The molecule has 3 atom stereocenters. The van der Waals surface area contributed by atoms with Gasteiger partial charge in [-0.2, -0.15) is 0 Å². The Balaban J connectivity index is 1.57. The number of aromatic hydroxyl groups is 1. The standard InChI is InChI=1S/C25H24Cl2O6/c26-16-10-11-21-18(12-16)23(27)19(14-31-21)25-32-13-15(6-2-1-3-9-22(29)30)24(33-25)17-7-4-5-8-20(17)28/h1-2,4-5,7-8,10-12,15,24-25,28H,3,6,9,13-14H2,(H,29,30)/b2-1-/t15-,24+,25?/m1/s1. The maximum absolute atomic E-state index is 10.7. The second-order valence-electron chi connectivity index (χ2n) is 7.95. The maximum Gasteiger partial charge on any atom is 0.303 e. The molecule has 2 heterocycles. The zero-order valence-corrected chi connectivity index (χ0v) is 19.3. The van der Waals surface area contributed by atoms with E-state index in [-0.39, 0.29) is 24.7 Å². The largest absolute Gasteiger partial charge is 0.508 e. The molecular formula is C25H24Cl2O6. The predicted octanol–water partition coefficient (Wildman–Crippen LogP) is 5.93. The third-order valence-electron chi connectivity index (χ3n) is 5.66. The number of phenolic OH excluding ortho intramolecular Hbond substituents is 1. The van der Waals surface area contributed by atoms with Crippen LogP contribution in [0.2, 0.25) is 5.02 Å². The lowest BCUT2D eigenvalue weighted by Crippen LogP contribution is -2.38. The molecule has 2 aromatic rings. The first-order valence-electron chi connectivity index (χ1n) is 10.7. The zero-order chi connectivity index (χ0) is 23.4. The Morgan fingerprint density at radius 3 is 2.76 bits per heavy atom. The van der Waals surface area contributed by atoms with E-state index in [0.29, 0.717) is 52.0 Å². The summed E-state index contributed by atoms with van der Waals surface area (Å²) in [7, 11) is 0. The number of ether oxygens (including phenoxy) is 3. The van der Waals surface area contributed by atoms with Gasteiger partial charge < -0.3 is 24.4 Å². The summed E-state index contributed by atoms with van der Waals surface area (Å²) in [6.45, 7) is 0.578. The fourth-order valence-corrected chi connectivity index (χ4v) is 4.43. The number of benzene rings is 2. The van der Waals surface area contributed by atoms with Crippen molar-refractivity contribution in [3.63, 3.8) is 0 Å². The molecule has 0 aromatic heterocycles. The highest BCUT2D eigenvalue weighted by molar-refractivity contribution is 6.50. The number of allylic oxidation sites excluding steroid dienone is 2. The van der Waals surface area contributed by atoms with Crippen molar-refractivity contribution in [1.82, 2.24) is 0 Å². The van der Waals surface area contributed by atoms with Gasteiger partial charge in [0.15, 0.2) is 6.29 Å². The van der Waals surface area contributed by atoms with Crippen LogP contribution >= 0.6 is 23.2 Å². The molecular weight excluding hydrogens is 467 g/mol. The van der Waals surface area contributed by atoms with Crippen molar-refractivity contribution in [2.24, 2.45) is 5.92 Å². The van der Waals surface area contributed by atoms with Gasteiger partial charge in [-0.25, -0.2) is 0 Å². The van der Waals surface area contributed by atoms with Gasteiger partial charge in [-0.3, -0.25) is 4.79 Å². The SMILES string of the molecule is O=C(O)CC/C=C\C[C@@H]1COC(C2=C(Cl)c3cc(Cl)ccc3OC2)O[C@@H]1c1ccccc1O. The summed E-state index contributed by atoms with van der Waals surface area (Å²) in [6, 6.07) is 12.3. The summed E-state index contributed by atoms with van der Waals surface area (Å²) < 4.78 is 18.2. The number of carboxylic acid groups (broad SMARTS) is 1. The first kappa shape index (κ1) is 23.6. The molecule has 33 heavy (non-hydrogen) atoms. The van der Waals surface area contributed by atoms with Crippen LogP contribution in [0.5, 0.6) is 11.5 Å². The van der Waals surface area contributed by atoms with Gasteiger partial charge >= 0.3 is 5.97 Å². The van der Waals surface area contributed by atoms with Crippen LogP contribution in [0.1, 0.15) is 36.5 Å². The van der Waals surface area contributed by atoms with Crippen molar-refractivity contribution in [1.29, 1.82) is 0 Å². The number of carbonyl (C=O) groups is 1. The van der Waals surface area contributed by atoms with Gasteiger partial charge in [-0.1, -0.05) is 53.6 Å². The fourth-order valence-electron chi connectivity index (χ4n) is 3.97. The molecule has 4 rings (SSSR count). The van der Waals surface area contributed by atoms with E-state index < -0.39 is 18.4 Å². The van der Waals surface area contributed by atoms with E-state index in [1.807, 2.05) is 24.3 Å². The predicted molar refractivity (Wildman–Crippen MR) is 126 cm³/mol. The van der Waals surface area contributed by atoms with Crippen molar-refractivity contribution >= 4 is 34.2 Å². The van der Waals surface area contributed by atoms with Crippen molar-refractivity contribution in [3.05, 3.63) is 76.3 Å². The van der Waals surface area contributed by atoms with Gasteiger partial charge in [0.05, 0.1) is 17.7 Å². The minimum absolute atomic E-state index is 0.0806. The van der Waals surface area contributed by atoms with E-state index in [0.717, 1.165) is 0 Å². The lowest BCUT2D eigenvalue weighted by Gasteiger charge is -2.38. The van der Waals surface area contributed by atoms with Crippen molar-refractivity contribution in [2.75, 3.05) is 13.2 Å². The fraction of sp³-hybridized carbons (Fsp3) is 0.320. The van der Waals surface area contributed by atoms with Gasteiger partial charge in [0.2, 0.25) is 0 Å². The summed E-state index contributed by atoms with van der Waals surface area (Å²) in [4.78, 5) is 10.7. The molecule has 8 heteroatoms. The number of hydrogen-bond donors (Lipinski definition) is 2. The summed E-state index contributed by atoms with van der Waals surface area (Å²) in [5.41, 5.74) is 1.99. The molecule has 0 spiro atoms. The van der Waals surface area contributed by atoms with E-state index in [4.69, 9.17) is 42.5 Å². The molecule has 0 saturated carbocycles. The second kappa shape index (κ2) is 10.6. The molecule has 6 nitrogen and oxygen atoms in total. The van der Waals surface area contributed by atoms with Gasteiger partial charge in [-0.05, 0) is 37.1 Å². The van der Waals surface area contributed by atoms with Crippen LogP contribution in [-0.2, 0) is 14.3 Å². The number of carboxylic acids is 1. The molecule has 0 bridgehead atoms. The number of para-hydroxylation sites is 1. The second-order valence-corrected chi connectivity index (χ2v) is 8.76. The van der Waals surface area contributed by atoms with E-state index in [1.54, 1.807) is 30.3 Å². The summed E-state index contributed by atoms with van der Waals surface area (Å²) in [6.07, 6.45) is 3.71. The van der Waals surface area contributed by atoms with Crippen LogP contribution in [-0.4, -0.2) is 35.7 Å². The average Bonchev–Trinajstić information content (AvgIpc) is 2.80. The van der Waals surface area contributed by atoms with Crippen LogP contribution in [0.25, 0.3) is 5.03 Å². The van der Waals surface area contributed by atoms with Crippen LogP contribution in [0, 0.1) is 5.92 Å². The highest BCUT2D eigenvalue weighted by Crippen LogP contribution is 2.44. The smallest absolute Gasteiger partial charge is 0.303 e. The van der Waals surface area contributed by atoms with Gasteiger partial charge in [0, 0.05) is 34.1 Å². The monoisotopic (exact) mass is 490 g/mol. The van der Waals surface area contributed by atoms with Gasteiger partial charge in [0.25, 0.3) is 0 Å². The molecule has 0 radical (unpaired) electrons. The zero-order valence-electron chi connectivity index (χ0n) is 17.7. The van der Waals surface area contributed by atoms with Crippen LogP contribution < -0.4 is 4.74 Å². The topological polar surface area (TPSA) is 85.2 Å². The third kappa shape index (κ3) is 5.53. The van der Waals surface area contributed by atoms with E-state index in [9.17, 15) is 9.90 Å². The van der Waals surface area contributed by atoms with Crippen molar-refractivity contribution < 1.29 is 29.2 Å². The number of rotatable bonds is 7. The van der Waals surface area contributed by atoms with Crippen LogP contribution in [0.3, 0.4) is 0 Å². The molecule has 174 valence electrons. The number of fused-ring (bicyclic) bond motifs is 1. The molecule has 0 amide bonds. The van der Waals surface area contributed by atoms with E-state index >= 15 is 0 Å². The van der Waals surface area contributed by atoms with Crippen LogP contribution in [0.15, 0.2) is 60.2 Å². The Labute approximate surface area is 202 Å². The minimum atomic E-state index is -0.832. The Hall–Kier alpha value is -2.51. The Kier molecular flexibility index (Phi) is 7.60. The Morgan fingerprint density at radius 1 is 1.15 bits per heavy atom. The summed E-state index contributed by atoms with van der Waals surface area (Å²) in [5, 5.41) is 20.3. The number of hydrogen-bond acceptors (Lipinski definition) is 5. The number of phenols is 1. The van der Waals surface area contributed by atoms with Gasteiger partial charge in [0.1, 0.15) is 18.1 Å². The summed E-state index contributed by atoms with van der Waals surface area (Å²) in [5.74, 6) is -0.131. The Bertz CT molecular complexity index is 1080. The van der Waals surface area contributed by atoms with Gasteiger partial charge in [-0.15, -0.1) is 0 Å². The van der Waals surface area contributed by atoms with Crippen molar-refractivity contribution in [2.45, 2.75) is 31.7 Å². The highest BCUT2D eigenvalue weighted by Gasteiger charge is 2.37. The maximum atomic E-state index is 10.7. The molecule has 2 aliphatic rings. The number of aliphatic carboxylic acids is 1. The van der Waals surface area contributed by atoms with Crippen LogP contribution in [0.4, 0.5) is 0 Å². The molecule has 1 fully saturated rings.